The molecule has 0 aliphatic carbocycles. The van der Waals surface area contributed by atoms with Crippen LogP contribution in [0.5, 0.6) is 0 Å². The summed E-state index contributed by atoms with van der Waals surface area (Å²) in [4.78, 5) is 12.7. The van der Waals surface area contributed by atoms with E-state index in [0.717, 1.165) is 10.9 Å². The van der Waals surface area contributed by atoms with Gasteiger partial charge in [-0.2, -0.15) is 9.61 Å². The Bertz CT molecular complexity index is 1370. The van der Waals surface area contributed by atoms with Crippen LogP contribution >= 0.6 is 0 Å². The van der Waals surface area contributed by atoms with Crippen LogP contribution in [-0.4, -0.2) is 49.1 Å². The number of rotatable bonds is 7. The molecule has 10 nitrogen and oxygen atoms in total. The maximum Gasteiger partial charge on any atom is 0.323 e. The Morgan fingerprint density at radius 3 is 2.70 bits per heavy atom. The third-order valence-corrected chi connectivity index (χ3v) is 5.06. The highest BCUT2D eigenvalue weighted by Gasteiger charge is 2.24. The number of nitrogens with zero attached hydrogens (tertiary/aromatic N) is 6. The number of furan rings is 1. The monoisotopic (exact) mass is 450 g/mol. The fraction of sp³-hybridized carbons (Fsp3) is 0.348. The first kappa shape index (κ1) is 22.3. The number of carboxylic acid groups (broad SMARTS) is 1. The first-order valence-electron chi connectivity index (χ1n) is 10.6. The van der Waals surface area contributed by atoms with Crippen molar-refractivity contribution in [1.29, 1.82) is 0 Å². The lowest BCUT2D eigenvalue weighted by Crippen LogP contribution is -2.28. The van der Waals surface area contributed by atoms with Gasteiger partial charge in [0.2, 0.25) is 5.82 Å². The van der Waals surface area contributed by atoms with Crippen molar-refractivity contribution in [2.45, 2.75) is 40.0 Å². The molecule has 0 saturated carbocycles. The van der Waals surface area contributed by atoms with Crippen LogP contribution in [0, 0.1) is 6.92 Å². The Balaban J connectivity index is 1.70. The molecule has 0 radical (unpaired) electrons. The Morgan fingerprint density at radius 1 is 1.27 bits per heavy atom. The third-order valence-electron chi connectivity index (χ3n) is 5.06. The summed E-state index contributed by atoms with van der Waals surface area (Å²) in [6, 6.07) is 5.36. The molecule has 0 aliphatic heterocycles. The van der Waals surface area contributed by atoms with Crippen molar-refractivity contribution in [3.05, 3.63) is 46.7 Å². The molecule has 0 atom stereocenters. The minimum absolute atomic E-state index is 0.119. The molecule has 4 rings (SSSR count). The number of carboxylic acids is 1. The van der Waals surface area contributed by atoms with Gasteiger partial charge in [-0.25, -0.2) is 0 Å². The Morgan fingerprint density at radius 2 is 2.06 bits per heavy atom. The molecule has 10 heteroatoms. The predicted molar refractivity (Wildman–Crippen MR) is 123 cm³/mol. The predicted octanol–water partition coefficient (Wildman–Crippen LogP) is 3.10. The van der Waals surface area contributed by atoms with Gasteiger partial charge < -0.3 is 18.9 Å². The van der Waals surface area contributed by atoms with Gasteiger partial charge in [-0.05, 0) is 32.1 Å². The lowest BCUT2D eigenvalue weighted by Gasteiger charge is -2.16. The molecular formula is C23H26N6O4. The molecule has 0 aromatic carbocycles. The largest absolute Gasteiger partial charge is 0.480 e. The zero-order chi connectivity index (χ0) is 23.8. The topological polar surface area (TPSA) is 123 Å². The number of hydrogen-bond donors (Lipinski definition) is 1. The molecule has 0 fully saturated rings. The number of likely N-dealkylation sites (N-methyl/N-ethyl adjacent to an activating group) is 1. The standard InChI is InChI=1S/C23H26N6O4/c1-6-28(13-19(30)31)18-11-10-15(32-18)8-7-9-16-20(23(3,4)5)26-29-21(16)24-25-22(29)17-12-14(2)33-27-17/h7-12H,6,13H2,1-5H3,(H,30,31)/b8-7+,16-9-. The van der Waals surface area contributed by atoms with Crippen molar-refractivity contribution in [3.63, 3.8) is 0 Å². The minimum Gasteiger partial charge on any atom is -0.480 e. The Kier molecular flexibility index (Phi) is 5.75. The van der Waals surface area contributed by atoms with E-state index >= 15 is 0 Å². The SMILES string of the molecule is CCN(CC(=O)O)c1ccc(/C=C/C=c2/c(C(C)(C)C)nn3c(-c4cc(C)on4)nnc23)o1. The molecule has 172 valence electrons. The van der Waals surface area contributed by atoms with Gasteiger partial charge in [0.25, 0.3) is 0 Å². The number of carbonyl (C=O) groups is 1. The van der Waals surface area contributed by atoms with Gasteiger partial charge in [0.05, 0.1) is 5.69 Å². The van der Waals surface area contributed by atoms with E-state index in [1.54, 1.807) is 27.6 Å². The summed E-state index contributed by atoms with van der Waals surface area (Å²) in [5, 5.41) is 27.3. The lowest BCUT2D eigenvalue weighted by atomic mass is 9.91. The van der Waals surface area contributed by atoms with Gasteiger partial charge in [-0.1, -0.05) is 32.0 Å². The second kappa shape index (κ2) is 8.53. The van der Waals surface area contributed by atoms with Crippen LogP contribution in [0.25, 0.3) is 29.3 Å². The van der Waals surface area contributed by atoms with E-state index in [4.69, 9.17) is 19.1 Å². The van der Waals surface area contributed by atoms with Crippen molar-refractivity contribution in [3.8, 4) is 11.5 Å². The lowest BCUT2D eigenvalue weighted by molar-refractivity contribution is -0.135. The van der Waals surface area contributed by atoms with Crippen molar-refractivity contribution >= 4 is 29.7 Å². The minimum atomic E-state index is -0.908. The van der Waals surface area contributed by atoms with Crippen LogP contribution in [0.2, 0.25) is 0 Å². The van der Waals surface area contributed by atoms with Gasteiger partial charge in [-0.3, -0.25) is 4.79 Å². The second-order valence-electron chi connectivity index (χ2n) is 8.70. The summed E-state index contributed by atoms with van der Waals surface area (Å²) in [6.07, 6.45) is 5.59. The van der Waals surface area contributed by atoms with Crippen LogP contribution in [-0.2, 0) is 10.2 Å². The fourth-order valence-corrected chi connectivity index (χ4v) is 3.49. The van der Waals surface area contributed by atoms with E-state index in [1.807, 2.05) is 32.1 Å². The van der Waals surface area contributed by atoms with Crippen LogP contribution in [0.3, 0.4) is 0 Å². The maximum absolute atomic E-state index is 11.0. The van der Waals surface area contributed by atoms with Crippen LogP contribution in [0.4, 0.5) is 5.88 Å². The van der Waals surface area contributed by atoms with Gasteiger partial charge >= 0.3 is 5.97 Å². The summed E-state index contributed by atoms with van der Waals surface area (Å²) in [7, 11) is 0. The molecule has 0 amide bonds. The third kappa shape index (κ3) is 4.50. The van der Waals surface area contributed by atoms with Gasteiger partial charge in [0, 0.05) is 29.3 Å². The smallest absolute Gasteiger partial charge is 0.323 e. The molecule has 0 bridgehead atoms. The van der Waals surface area contributed by atoms with Crippen molar-refractivity contribution in [2.24, 2.45) is 0 Å². The van der Waals surface area contributed by atoms with Gasteiger partial charge in [-0.15, -0.1) is 10.2 Å². The fourth-order valence-electron chi connectivity index (χ4n) is 3.49. The van der Waals surface area contributed by atoms with E-state index in [2.05, 4.69) is 36.1 Å². The molecule has 33 heavy (non-hydrogen) atoms. The van der Waals surface area contributed by atoms with Crippen LogP contribution < -0.4 is 10.1 Å². The quantitative estimate of drug-likeness (QED) is 0.452. The average molecular weight is 450 g/mol. The van der Waals surface area contributed by atoms with Crippen molar-refractivity contribution < 1.29 is 18.8 Å². The summed E-state index contributed by atoms with van der Waals surface area (Å²) < 4.78 is 12.7. The maximum atomic E-state index is 11.0. The summed E-state index contributed by atoms with van der Waals surface area (Å²) in [5.41, 5.74) is 1.84. The van der Waals surface area contributed by atoms with E-state index in [0.29, 0.717) is 41.1 Å². The normalized spacial score (nSPS) is 12.9. The van der Waals surface area contributed by atoms with E-state index in [-0.39, 0.29) is 12.0 Å². The van der Waals surface area contributed by atoms with Crippen LogP contribution in [0.1, 0.15) is 44.9 Å². The first-order valence-corrected chi connectivity index (χ1v) is 10.6. The van der Waals surface area contributed by atoms with Crippen molar-refractivity contribution in [1.82, 2.24) is 25.0 Å². The molecule has 4 heterocycles. The van der Waals surface area contributed by atoms with Crippen LogP contribution in [0.15, 0.2) is 33.2 Å². The summed E-state index contributed by atoms with van der Waals surface area (Å²) in [5.74, 6) is 1.41. The highest BCUT2D eigenvalue weighted by atomic mass is 16.5. The Labute approximate surface area is 190 Å². The number of allylic oxidation sites excluding steroid dienone is 1. The van der Waals surface area contributed by atoms with Gasteiger partial charge in [0.15, 0.2) is 17.2 Å². The average Bonchev–Trinajstić information content (AvgIpc) is 3.50. The molecule has 0 spiro atoms. The number of hydrogen-bond acceptors (Lipinski definition) is 8. The molecule has 4 aromatic rings. The molecular weight excluding hydrogens is 424 g/mol. The molecule has 1 N–H and O–H groups in total. The zero-order valence-corrected chi connectivity index (χ0v) is 19.2. The highest BCUT2D eigenvalue weighted by Crippen LogP contribution is 2.22. The van der Waals surface area contributed by atoms with Crippen molar-refractivity contribution in [2.75, 3.05) is 18.0 Å². The summed E-state index contributed by atoms with van der Waals surface area (Å²) in [6.45, 7) is 10.4. The number of aliphatic carboxylic acids is 1. The highest BCUT2D eigenvalue weighted by molar-refractivity contribution is 5.73. The first-order chi connectivity index (χ1) is 15.7. The summed E-state index contributed by atoms with van der Waals surface area (Å²) >= 11 is 0. The number of anilines is 1. The second-order valence-corrected chi connectivity index (χ2v) is 8.70. The Hall–Kier alpha value is -3.95. The zero-order valence-electron chi connectivity index (χ0n) is 19.2. The molecule has 0 saturated heterocycles. The molecule has 4 aromatic heterocycles. The van der Waals surface area contributed by atoms with E-state index in [9.17, 15) is 4.79 Å². The number of fused-ring (bicyclic) bond motifs is 1. The molecule has 0 unspecified atom stereocenters. The van der Waals surface area contributed by atoms with E-state index in [1.165, 1.54) is 0 Å². The van der Waals surface area contributed by atoms with E-state index < -0.39 is 5.97 Å². The number of aromatic nitrogens is 5. The molecule has 0 aliphatic rings. The number of aryl methyl sites for hydroxylation is 1. The van der Waals surface area contributed by atoms with Gasteiger partial charge in [0.1, 0.15) is 18.1 Å².